The molecular weight excluding hydrogens is 356 g/mol. The zero-order chi connectivity index (χ0) is 19.6. The molecule has 0 aliphatic carbocycles. The second-order valence-corrected chi connectivity index (χ2v) is 6.94. The van der Waals surface area contributed by atoms with Crippen LogP contribution in [0.4, 0.5) is 0 Å². The van der Waals surface area contributed by atoms with Gasteiger partial charge in [-0.1, -0.05) is 78.9 Å². The largest absolute Gasteiger partial charge is 0.496 e. The molecule has 5 rings (SSSR count). The molecule has 1 aliphatic heterocycles. The van der Waals surface area contributed by atoms with Gasteiger partial charge in [-0.15, -0.1) is 0 Å². The number of methoxy groups -OCH3 is 1. The summed E-state index contributed by atoms with van der Waals surface area (Å²) in [5, 5.41) is 2.21. The molecule has 4 aromatic carbocycles. The van der Waals surface area contributed by atoms with Crippen molar-refractivity contribution in [3.05, 3.63) is 120 Å². The summed E-state index contributed by atoms with van der Waals surface area (Å²) in [6, 6.07) is 30.9. The summed E-state index contributed by atoms with van der Waals surface area (Å²) in [6.45, 7) is 0. The minimum atomic E-state index is 0.837. The molecule has 0 N–H and O–H groups in total. The lowest BCUT2D eigenvalue weighted by Crippen LogP contribution is -2.04. The van der Waals surface area contributed by atoms with E-state index < -0.39 is 0 Å². The Balaban J connectivity index is 1.72. The highest BCUT2D eigenvalue weighted by atomic mass is 16.5. The fourth-order valence-corrected chi connectivity index (χ4v) is 3.88. The summed E-state index contributed by atoms with van der Waals surface area (Å²) in [4.78, 5) is 0. The third kappa shape index (κ3) is 3.09. The van der Waals surface area contributed by atoms with E-state index >= 15 is 0 Å². The van der Waals surface area contributed by atoms with Gasteiger partial charge in [0.05, 0.1) is 7.11 Å². The Morgan fingerprint density at radius 3 is 2.03 bits per heavy atom. The Labute approximate surface area is 170 Å². The monoisotopic (exact) mass is 376 g/mol. The van der Waals surface area contributed by atoms with E-state index in [0.29, 0.717) is 0 Å². The molecule has 2 heteroatoms. The van der Waals surface area contributed by atoms with E-state index in [2.05, 4.69) is 72.8 Å². The Morgan fingerprint density at radius 1 is 0.690 bits per heavy atom. The molecule has 0 fully saturated rings. The Bertz CT molecular complexity index is 1190. The van der Waals surface area contributed by atoms with Crippen molar-refractivity contribution >= 4 is 22.4 Å². The lowest BCUT2D eigenvalue weighted by atomic mass is 9.94. The first-order valence-electron chi connectivity index (χ1n) is 9.66. The van der Waals surface area contributed by atoms with Gasteiger partial charge in [-0.05, 0) is 40.8 Å². The van der Waals surface area contributed by atoms with Gasteiger partial charge in [-0.3, -0.25) is 0 Å². The zero-order valence-electron chi connectivity index (χ0n) is 16.1. The zero-order valence-corrected chi connectivity index (χ0v) is 16.1. The maximum Gasteiger partial charge on any atom is 0.135 e. The van der Waals surface area contributed by atoms with Crippen LogP contribution in [0.3, 0.4) is 0 Å². The predicted octanol–water partition coefficient (Wildman–Crippen LogP) is 6.71. The van der Waals surface area contributed by atoms with Crippen LogP contribution in [0.1, 0.15) is 16.7 Å². The number of fused-ring (bicyclic) bond motifs is 3. The quantitative estimate of drug-likeness (QED) is 0.395. The van der Waals surface area contributed by atoms with Crippen LogP contribution in [0.25, 0.3) is 22.4 Å². The van der Waals surface area contributed by atoms with E-state index in [4.69, 9.17) is 9.47 Å². The van der Waals surface area contributed by atoms with Crippen LogP contribution < -0.4 is 9.47 Å². The van der Waals surface area contributed by atoms with Crippen molar-refractivity contribution in [2.24, 2.45) is 0 Å². The number of benzene rings is 4. The van der Waals surface area contributed by atoms with Gasteiger partial charge >= 0.3 is 0 Å². The molecule has 0 atom stereocenters. The Morgan fingerprint density at radius 2 is 1.38 bits per heavy atom. The van der Waals surface area contributed by atoms with Gasteiger partial charge in [0.15, 0.2) is 0 Å². The number of hydrogen-bond acceptors (Lipinski definition) is 2. The van der Waals surface area contributed by atoms with E-state index in [0.717, 1.165) is 50.3 Å². The summed E-state index contributed by atoms with van der Waals surface area (Å²) in [5.41, 5.74) is 4.37. The van der Waals surface area contributed by atoms with Crippen molar-refractivity contribution in [2.75, 3.05) is 7.11 Å². The second kappa shape index (κ2) is 7.33. The predicted molar refractivity (Wildman–Crippen MR) is 119 cm³/mol. The van der Waals surface area contributed by atoms with Crippen LogP contribution in [0.15, 0.2) is 103 Å². The lowest BCUT2D eigenvalue weighted by molar-refractivity contribution is 0.418. The van der Waals surface area contributed by atoms with Crippen LogP contribution in [0, 0.1) is 0 Å². The molecule has 140 valence electrons. The molecule has 0 amide bonds. The summed E-state index contributed by atoms with van der Waals surface area (Å²) in [5.74, 6) is 2.53. The molecule has 29 heavy (non-hydrogen) atoms. The van der Waals surface area contributed by atoms with Crippen molar-refractivity contribution < 1.29 is 9.47 Å². The molecular formula is C27H20O2. The van der Waals surface area contributed by atoms with Crippen molar-refractivity contribution in [2.45, 2.75) is 0 Å². The van der Waals surface area contributed by atoms with Gasteiger partial charge in [0.1, 0.15) is 17.3 Å². The molecule has 0 spiro atoms. The maximum atomic E-state index is 6.45. The highest BCUT2D eigenvalue weighted by molar-refractivity contribution is 5.99. The molecule has 0 bridgehead atoms. The average Bonchev–Trinajstić information content (AvgIpc) is 2.80. The first-order chi connectivity index (χ1) is 14.3. The van der Waals surface area contributed by atoms with Gasteiger partial charge in [0, 0.05) is 16.5 Å². The lowest BCUT2D eigenvalue weighted by Gasteiger charge is -2.21. The molecule has 0 saturated heterocycles. The molecule has 4 aromatic rings. The third-order valence-corrected chi connectivity index (χ3v) is 5.22. The van der Waals surface area contributed by atoms with E-state index in [-0.39, 0.29) is 0 Å². The van der Waals surface area contributed by atoms with E-state index in [9.17, 15) is 0 Å². The van der Waals surface area contributed by atoms with Crippen molar-refractivity contribution in [3.8, 4) is 11.5 Å². The van der Waals surface area contributed by atoms with Gasteiger partial charge < -0.3 is 9.47 Å². The minimum Gasteiger partial charge on any atom is -0.496 e. The fourth-order valence-electron chi connectivity index (χ4n) is 3.88. The highest BCUT2D eigenvalue weighted by Gasteiger charge is 2.19. The van der Waals surface area contributed by atoms with Gasteiger partial charge in [0.25, 0.3) is 0 Å². The first-order valence-corrected chi connectivity index (χ1v) is 9.66. The fraction of sp³-hybridized carbons (Fsp3) is 0.0370. The molecule has 1 heterocycles. The molecule has 0 saturated carbocycles. The van der Waals surface area contributed by atoms with Crippen LogP contribution in [0.2, 0.25) is 0 Å². The smallest absolute Gasteiger partial charge is 0.135 e. The van der Waals surface area contributed by atoms with E-state index in [1.165, 1.54) is 0 Å². The van der Waals surface area contributed by atoms with Crippen molar-refractivity contribution in [1.29, 1.82) is 0 Å². The van der Waals surface area contributed by atoms with Crippen molar-refractivity contribution in [1.82, 2.24) is 0 Å². The molecule has 1 aliphatic rings. The van der Waals surface area contributed by atoms with Crippen molar-refractivity contribution in [3.63, 3.8) is 0 Å². The summed E-state index contributed by atoms with van der Waals surface area (Å²) in [7, 11) is 1.70. The molecule has 2 nitrogen and oxygen atoms in total. The summed E-state index contributed by atoms with van der Waals surface area (Å²) in [6.07, 6.45) is 4.19. The van der Waals surface area contributed by atoms with Crippen LogP contribution in [0.5, 0.6) is 11.5 Å². The third-order valence-electron chi connectivity index (χ3n) is 5.22. The minimum absolute atomic E-state index is 0.837. The van der Waals surface area contributed by atoms with Gasteiger partial charge in [-0.2, -0.15) is 0 Å². The van der Waals surface area contributed by atoms with Crippen LogP contribution >= 0.6 is 0 Å². The highest BCUT2D eigenvalue weighted by Crippen LogP contribution is 2.40. The Hall–Kier alpha value is -3.78. The maximum absolute atomic E-state index is 6.45. The van der Waals surface area contributed by atoms with Gasteiger partial charge in [-0.25, -0.2) is 0 Å². The summed E-state index contributed by atoms with van der Waals surface area (Å²) >= 11 is 0. The summed E-state index contributed by atoms with van der Waals surface area (Å²) < 4.78 is 12.1. The number of hydrogen-bond donors (Lipinski definition) is 0. The number of ether oxygens (including phenoxy) is 2. The van der Waals surface area contributed by atoms with Crippen LogP contribution in [-0.4, -0.2) is 7.11 Å². The SMILES string of the molecule is COc1cccc2ccc3c(c12)C=CC(=C(c1ccccc1)c1ccccc1)O3. The molecule has 0 unspecified atom stereocenters. The van der Waals surface area contributed by atoms with E-state index in [1.807, 2.05) is 30.3 Å². The molecule has 0 aromatic heterocycles. The number of rotatable bonds is 3. The first kappa shape index (κ1) is 17.3. The second-order valence-electron chi connectivity index (χ2n) is 6.94. The van der Waals surface area contributed by atoms with Gasteiger partial charge in [0.2, 0.25) is 0 Å². The Kier molecular flexibility index (Phi) is 4.38. The molecule has 0 radical (unpaired) electrons. The standard InChI is InChI=1S/C27H20O2/c1-28-24-14-8-13-21-15-17-23-22(27(21)24)16-18-25(29-23)26(19-9-4-2-5-10-19)20-11-6-3-7-12-20/h2-18H,1H3. The number of allylic oxidation sites excluding steroid dienone is 1. The normalized spacial score (nSPS) is 12.4. The van der Waals surface area contributed by atoms with E-state index in [1.54, 1.807) is 7.11 Å². The van der Waals surface area contributed by atoms with Crippen LogP contribution in [-0.2, 0) is 0 Å². The topological polar surface area (TPSA) is 18.5 Å². The average molecular weight is 376 g/mol.